The topological polar surface area (TPSA) is 114 Å². The van der Waals surface area contributed by atoms with Gasteiger partial charge in [0.2, 0.25) is 0 Å². The molecule has 33 heavy (non-hydrogen) atoms. The van der Waals surface area contributed by atoms with Crippen molar-refractivity contribution >= 4 is 23.1 Å². The molecule has 3 aromatic rings. The van der Waals surface area contributed by atoms with Gasteiger partial charge in [-0.15, -0.1) is 0 Å². The van der Waals surface area contributed by atoms with E-state index in [0.717, 1.165) is 5.56 Å². The highest BCUT2D eigenvalue weighted by molar-refractivity contribution is 6.46. The molecule has 2 aromatic carbocycles. The Morgan fingerprint density at radius 3 is 2.33 bits per heavy atom. The predicted molar refractivity (Wildman–Crippen MR) is 116 cm³/mol. The van der Waals surface area contributed by atoms with Gasteiger partial charge >= 0.3 is 0 Å². The number of halogens is 1. The van der Waals surface area contributed by atoms with Gasteiger partial charge in [-0.3, -0.25) is 19.7 Å². The molecule has 1 atom stereocenters. The van der Waals surface area contributed by atoms with Gasteiger partial charge in [-0.25, -0.2) is 4.39 Å². The Bertz CT molecular complexity index is 1260. The largest absolute Gasteiger partial charge is 0.507 e. The summed E-state index contributed by atoms with van der Waals surface area (Å²) < 4.78 is 18.9. The predicted octanol–water partition coefficient (Wildman–Crippen LogP) is 4.30. The van der Waals surface area contributed by atoms with Gasteiger partial charge in [-0.05, 0) is 55.3 Å². The quantitative estimate of drug-likeness (QED) is 0.197. The van der Waals surface area contributed by atoms with E-state index in [9.17, 15) is 29.2 Å². The first-order valence-electron chi connectivity index (χ1n) is 10.1. The fourth-order valence-electron chi connectivity index (χ4n) is 3.80. The Kier molecular flexibility index (Phi) is 5.78. The number of rotatable bonds is 6. The lowest BCUT2D eigenvalue weighted by Gasteiger charge is -2.23. The lowest BCUT2D eigenvalue weighted by atomic mass is 9.99. The van der Waals surface area contributed by atoms with Gasteiger partial charge in [-0.1, -0.05) is 12.1 Å². The van der Waals surface area contributed by atoms with Gasteiger partial charge in [0, 0.05) is 24.2 Å². The van der Waals surface area contributed by atoms with Crippen LogP contribution >= 0.6 is 0 Å². The van der Waals surface area contributed by atoms with Crippen LogP contribution in [0.5, 0.6) is 0 Å². The molecule has 168 valence electrons. The first kappa shape index (κ1) is 21.9. The lowest BCUT2D eigenvalue weighted by Crippen LogP contribution is -2.31. The van der Waals surface area contributed by atoms with Crippen LogP contribution in [0, 0.1) is 22.9 Å². The fourth-order valence-corrected chi connectivity index (χ4v) is 3.80. The molecule has 1 saturated heterocycles. The number of aliphatic hydroxyl groups excluding tert-OH is 1. The zero-order chi connectivity index (χ0) is 23.7. The van der Waals surface area contributed by atoms with E-state index in [2.05, 4.69) is 0 Å². The van der Waals surface area contributed by atoms with Crippen molar-refractivity contribution in [2.45, 2.75) is 19.4 Å². The number of nitro benzene ring substituents is 1. The number of amides is 1. The third-order valence-corrected chi connectivity index (χ3v) is 5.48. The molecule has 0 spiro atoms. The smallest absolute Gasteiger partial charge is 0.295 e. The number of Topliss-reactive ketones (excluding diaryl/α,β-unsaturated/α-hetero) is 1. The van der Waals surface area contributed by atoms with Crippen molar-refractivity contribution < 1.29 is 28.4 Å². The second kappa shape index (κ2) is 8.70. The van der Waals surface area contributed by atoms with Crippen LogP contribution in [-0.4, -0.2) is 33.2 Å². The zero-order valence-electron chi connectivity index (χ0n) is 17.5. The Morgan fingerprint density at radius 1 is 1.09 bits per heavy atom. The summed E-state index contributed by atoms with van der Waals surface area (Å²) in [5.74, 6) is -1.66. The summed E-state index contributed by atoms with van der Waals surface area (Å²) in [4.78, 5) is 37.5. The summed E-state index contributed by atoms with van der Waals surface area (Å²) in [7, 11) is 0. The van der Waals surface area contributed by atoms with Crippen molar-refractivity contribution in [3.8, 4) is 0 Å². The van der Waals surface area contributed by atoms with Gasteiger partial charge in [0.05, 0.1) is 10.5 Å². The monoisotopic (exact) mass is 450 g/mol. The van der Waals surface area contributed by atoms with E-state index >= 15 is 0 Å². The standard InChI is InChI=1S/C24H19FN2O6/c1-14-2-11-19(33-14)21-20(22(28)16-5-9-18(10-6-16)27(31)32)23(29)24(30)26(21)13-12-15-3-7-17(25)8-4-15/h2-11,21,28H,12-13H2,1H3/b22-20-. The molecule has 1 N–H and O–H groups in total. The van der Waals surface area contributed by atoms with Crippen LogP contribution in [0.25, 0.3) is 5.76 Å². The van der Waals surface area contributed by atoms with E-state index in [1.165, 1.54) is 41.3 Å². The van der Waals surface area contributed by atoms with Crippen molar-refractivity contribution in [3.05, 3.63) is 105 Å². The summed E-state index contributed by atoms with van der Waals surface area (Å²) in [6, 6.07) is 13.2. The maximum Gasteiger partial charge on any atom is 0.295 e. The van der Waals surface area contributed by atoms with Gasteiger partial charge in [0.15, 0.2) is 0 Å². The number of hydrogen-bond acceptors (Lipinski definition) is 6. The van der Waals surface area contributed by atoms with E-state index in [1.807, 2.05) is 0 Å². The van der Waals surface area contributed by atoms with Crippen LogP contribution in [0.2, 0.25) is 0 Å². The first-order valence-corrected chi connectivity index (χ1v) is 10.1. The van der Waals surface area contributed by atoms with E-state index in [4.69, 9.17) is 4.42 Å². The number of furan rings is 1. The number of likely N-dealkylation sites (tertiary alicyclic amines) is 1. The van der Waals surface area contributed by atoms with E-state index in [-0.39, 0.29) is 29.2 Å². The highest BCUT2D eigenvalue weighted by Crippen LogP contribution is 2.40. The van der Waals surface area contributed by atoms with Crippen molar-refractivity contribution in [1.29, 1.82) is 0 Å². The number of carbonyl (C=O) groups excluding carboxylic acids is 2. The fraction of sp³-hybridized carbons (Fsp3) is 0.167. The van der Waals surface area contributed by atoms with Crippen LogP contribution < -0.4 is 0 Å². The van der Waals surface area contributed by atoms with E-state index < -0.39 is 28.4 Å². The molecule has 1 amide bonds. The molecule has 1 aliphatic rings. The number of nitrogens with zero attached hydrogens (tertiary/aromatic N) is 2. The average molecular weight is 450 g/mol. The molecule has 1 aliphatic heterocycles. The molecule has 1 aromatic heterocycles. The van der Waals surface area contributed by atoms with Gasteiger partial charge in [0.1, 0.15) is 29.1 Å². The summed E-state index contributed by atoms with van der Waals surface area (Å²) >= 11 is 0. The summed E-state index contributed by atoms with van der Waals surface area (Å²) in [6.45, 7) is 1.84. The minimum absolute atomic E-state index is 0.123. The van der Waals surface area contributed by atoms with Gasteiger partial charge in [0.25, 0.3) is 17.4 Å². The number of carbonyl (C=O) groups is 2. The number of non-ortho nitro benzene ring substituents is 1. The number of nitro groups is 1. The number of aliphatic hydroxyl groups is 1. The molecule has 0 aliphatic carbocycles. The van der Waals surface area contributed by atoms with Crippen LogP contribution in [0.1, 0.15) is 28.7 Å². The van der Waals surface area contributed by atoms with Crippen LogP contribution in [0.3, 0.4) is 0 Å². The Hall–Kier alpha value is -4.27. The SMILES string of the molecule is Cc1ccc(C2/C(=C(/O)c3ccc([N+](=O)[O-])cc3)C(=O)C(=O)N2CCc2ccc(F)cc2)o1. The zero-order valence-corrected chi connectivity index (χ0v) is 17.5. The average Bonchev–Trinajstić information content (AvgIpc) is 3.34. The number of benzene rings is 2. The maximum absolute atomic E-state index is 13.2. The highest BCUT2D eigenvalue weighted by atomic mass is 19.1. The van der Waals surface area contributed by atoms with Gasteiger partial charge < -0.3 is 14.4 Å². The normalized spacial score (nSPS) is 17.5. The molecule has 0 saturated carbocycles. The first-order chi connectivity index (χ1) is 15.8. The molecule has 4 rings (SSSR count). The Balaban J connectivity index is 1.74. The van der Waals surface area contributed by atoms with Crippen LogP contribution in [0.15, 0.2) is 70.7 Å². The highest BCUT2D eigenvalue weighted by Gasteiger charge is 2.47. The summed E-state index contributed by atoms with van der Waals surface area (Å²) in [5.41, 5.74) is 0.584. The summed E-state index contributed by atoms with van der Waals surface area (Å²) in [6.07, 6.45) is 0.348. The lowest BCUT2D eigenvalue weighted by molar-refractivity contribution is -0.384. The summed E-state index contributed by atoms with van der Waals surface area (Å²) in [5, 5.41) is 21.9. The third-order valence-electron chi connectivity index (χ3n) is 5.48. The van der Waals surface area contributed by atoms with Crippen molar-refractivity contribution in [2.75, 3.05) is 6.54 Å². The molecule has 2 heterocycles. The third kappa shape index (κ3) is 4.25. The van der Waals surface area contributed by atoms with E-state index in [1.54, 1.807) is 31.2 Å². The minimum atomic E-state index is -0.977. The number of aryl methyl sites for hydroxylation is 1. The second-order valence-corrected chi connectivity index (χ2v) is 7.62. The van der Waals surface area contributed by atoms with Crippen LogP contribution in [-0.2, 0) is 16.0 Å². The Labute approximate surface area is 187 Å². The van der Waals surface area contributed by atoms with Crippen molar-refractivity contribution in [3.63, 3.8) is 0 Å². The molecule has 9 heteroatoms. The van der Waals surface area contributed by atoms with E-state index in [0.29, 0.717) is 17.9 Å². The minimum Gasteiger partial charge on any atom is -0.507 e. The molecular formula is C24H19FN2O6. The molecule has 8 nitrogen and oxygen atoms in total. The van der Waals surface area contributed by atoms with Gasteiger partial charge in [-0.2, -0.15) is 0 Å². The van der Waals surface area contributed by atoms with Crippen LogP contribution in [0.4, 0.5) is 10.1 Å². The van der Waals surface area contributed by atoms with Crippen molar-refractivity contribution in [2.24, 2.45) is 0 Å². The number of hydrogen-bond donors (Lipinski definition) is 1. The van der Waals surface area contributed by atoms with Crippen molar-refractivity contribution in [1.82, 2.24) is 4.90 Å². The molecule has 1 fully saturated rings. The Morgan fingerprint density at radius 2 is 1.76 bits per heavy atom. The number of ketones is 1. The molecule has 0 bridgehead atoms. The molecule has 0 radical (unpaired) electrons. The molecule has 1 unspecified atom stereocenters. The maximum atomic E-state index is 13.2. The second-order valence-electron chi connectivity index (χ2n) is 7.62. The molecular weight excluding hydrogens is 431 g/mol.